The number of fused-ring (bicyclic) bond motifs is 1. The highest BCUT2D eigenvalue weighted by molar-refractivity contribution is 5.91. The Bertz CT molecular complexity index is 1280. The third kappa shape index (κ3) is 3.78. The van der Waals surface area contributed by atoms with Gasteiger partial charge in [-0.2, -0.15) is 0 Å². The van der Waals surface area contributed by atoms with Crippen LogP contribution in [0.25, 0.3) is 33.5 Å². The fourth-order valence-corrected chi connectivity index (χ4v) is 4.24. The van der Waals surface area contributed by atoms with Gasteiger partial charge in [0.15, 0.2) is 0 Å². The number of imidazole rings is 1. The third-order valence-corrected chi connectivity index (χ3v) is 5.89. The second kappa shape index (κ2) is 8.20. The number of hydrogen-bond acceptors (Lipinski definition) is 5. The number of nitrogens with zero attached hydrogens (tertiary/aromatic N) is 3. The number of ether oxygens (including phenoxy) is 1. The van der Waals surface area contributed by atoms with Gasteiger partial charge in [-0.25, -0.2) is 13.8 Å². The lowest BCUT2D eigenvalue weighted by Gasteiger charge is -2.34. The minimum absolute atomic E-state index is 0.156. The Morgan fingerprint density at radius 1 is 1.03 bits per heavy atom. The molecule has 2 aromatic heterocycles. The predicted molar refractivity (Wildman–Crippen MR) is 121 cm³/mol. The van der Waals surface area contributed by atoms with Crippen molar-refractivity contribution in [2.45, 2.75) is 18.9 Å². The molecule has 3 heterocycles. The van der Waals surface area contributed by atoms with E-state index in [1.165, 1.54) is 31.4 Å². The number of halogens is 2. The van der Waals surface area contributed by atoms with Crippen LogP contribution in [0.15, 0.2) is 48.8 Å². The summed E-state index contributed by atoms with van der Waals surface area (Å²) in [6.45, 7) is 1.51. The lowest BCUT2D eigenvalue weighted by molar-refractivity contribution is 0.411. The molecule has 0 atom stereocenters. The van der Waals surface area contributed by atoms with E-state index in [1.54, 1.807) is 24.5 Å². The van der Waals surface area contributed by atoms with Crippen LogP contribution in [0, 0.1) is 11.6 Å². The number of hydrogen-bond donors (Lipinski definition) is 2. The Labute approximate surface area is 184 Å². The molecular weight excluding hydrogens is 412 g/mol. The van der Waals surface area contributed by atoms with Crippen molar-refractivity contribution in [2.24, 2.45) is 5.73 Å². The molecule has 32 heavy (non-hydrogen) atoms. The molecule has 0 spiro atoms. The van der Waals surface area contributed by atoms with Gasteiger partial charge in [-0.3, -0.25) is 4.98 Å². The molecule has 6 nitrogen and oxygen atoms in total. The summed E-state index contributed by atoms with van der Waals surface area (Å²) in [6, 6.07) is 9.20. The fourth-order valence-electron chi connectivity index (χ4n) is 4.24. The summed E-state index contributed by atoms with van der Waals surface area (Å²) in [5.74, 6) is 0.263. The normalized spacial score (nSPS) is 14.8. The summed E-state index contributed by atoms with van der Waals surface area (Å²) in [6.07, 6.45) is 5.15. The zero-order valence-corrected chi connectivity index (χ0v) is 17.6. The van der Waals surface area contributed by atoms with Crippen LogP contribution in [0.1, 0.15) is 12.8 Å². The van der Waals surface area contributed by atoms with Gasteiger partial charge in [0.25, 0.3) is 0 Å². The van der Waals surface area contributed by atoms with Crippen LogP contribution in [-0.4, -0.2) is 41.2 Å². The molecular formula is C24H23F2N5O. The maximum absolute atomic E-state index is 14.3. The Morgan fingerprint density at radius 2 is 1.81 bits per heavy atom. The first-order valence-electron chi connectivity index (χ1n) is 10.5. The predicted octanol–water partition coefficient (Wildman–Crippen LogP) is 4.51. The molecule has 1 aliphatic heterocycles. The van der Waals surface area contributed by atoms with Gasteiger partial charge >= 0.3 is 0 Å². The second-order valence-electron chi connectivity index (χ2n) is 8.03. The summed E-state index contributed by atoms with van der Waals surface area (Å²) in [5, 5.41) is 0. The topological polar surface area (TPSA) is 80.1 Å². The SMILES string of the molecule is COc1cc(F)cc(-c2cncc(-c3nc4cc(F)ccc4[nH]3)c2N2CCC(N)CC2)c1. The van der Waals surface area contributed by atoms with Crippen LogP contribution in [0.3, 0.4) is 0 Å². The Hall–Kier alpha value is -3.52. The molecule has 1 aliphatic rings. The van der Waals surface area contributed by atoms with Gasteiger partial charge in [-0.05, 0) is 42.7 Å². The van der Waals surface area contributed by atoms with Gasteiger partial charge in [0, 0.05) is 49.2 Å². The highest BCUT2D eigenvalue weighted by atomic mass is 19.1. The Morgan fingerprint density at radius 3 is 2.59 bits per heavy atom. The highest BCUT2D eigenvalue weighted by Crippen LogP contribution is 2.40. The van der Waals surface area contributed by atoms with Gasteiger partial charge in [0.2, 0.25) is 0 Å². The Kier molecular flexibility index (Phi) is 5.22. The van der Waals surface area contributed by atoms with Gasteiger partial charge < -0.3 is 20.4 Å². The van der Waals surface area contributed by atoms with E-state index in [0.29, 0.717) is 22.7 Å². The number of nitrogens with two attached hydrogens (primary N) is 1. The average molecular weight is 435 g/mol. The van der Waals surface area contributed by atoms with Crippen molar-refractivity contribution in [1.82, 2.24) is 15.0 Å². The summed E-state index contributed by atoms with van der Waals surface area (Å²) in [4.78, 5) is 14.6. The molecule has 1 saturated heterocycles. The molecule has 0 saturated carbocycles. The molecule has 4 aromatic rings. The van der Waals surface area contributed by atoms with Crippen LogP contribution < -0.4 is 15.4 Å². The Balaban J connectivity index is 1.71. The number of pyridine rings is 1. The minimum atomic E-state index is -0.393. The van der Waals surface area contributed by atoms with Crippen molar-refractivity contribution >= 4 is 16.7 Å². The highest BCUT2D eigenvalue weighted by Gasteiger charge is 2.25. The number of methoxy groups -OCH3 is 1. The number of nitrogens with one attached hydrogen (secondary N) is 1. The maximum atomic E-state index is 14.3. The molecule has 0 amide bonds. The third-order valence-electron chi connectivity index (χ3n) is 5.89. The van der Waals surface area contributed by atoms with Gasteiger partial charge in [0.1, 0.15) is 23.2 Å². The van der Waals surface area contributed by atoms with Gasteiger partial charge in [0.05, 0.1) is 29.4 Å². The van der Waals surface area contributed by atoms with E-state index < -0.39 is 5.82 Å². The quantitative estimate of drug-likeness (QED) is 0.493. The molecule has 5 rings (SSSR count). The van der Waals surface area contributed by atoms with Crippen molar-refractivity contribution in [1.29, 1.82) is 0 Å². The number of rotatable bonds is 4. The number of aromatic amines is 1. The van der Waals surface area contributed by atoms with Crippen LogP contribution in [-0.2, 0) is 0 Å². The second-order valence-corrected chi connectivity index (χ2v) is 8.03. The lowest BCUT2D eigenvalue weighted by Crippen LogP contribution is -2.40. The molecule has 0 radical (unpaired) electrons. The molecule has 3 N–H and O–H groups in total. The number of benzene rings is 2. The fraction of sp³-hybridized carbons (Fsp3) is 0.250. The number of H-pyrrole nitrogens is 1. The molecule has 8 heteroatoms. The summed E-state index contributed by atoms with van der Waals surface area (Å²) < 4.78 is 33.3. The van der Waals surface area contributed by atoms with E-state index in [-0.39, 0.29) is 11.9 Å². The van der Waals surface area contributed by atoms with E-state index in [2.05, 4.69) is 19.9 Å². The molecule has 0 aliphatic carbocycles. The van der Waals surface area contributed by atoms with Gasteiger partial charge in [-0.1, -0.05) is 0 Å². The zero-order chi connectivity index (χ0) is 22.2. The van der Waals surface area contributed by atoms with Crippen LogP contribution in [0.5, 0.6) is 5.75 Å². The van der Waals surface area contributed by atoms with E-state index in [9.17, 15) is 8.78 Å². The standard InChI is InChI=1S/C24H23F2N5O/c1-32-18-9-14(8-16(26)10-18)19-12-28-13-20(23(19)31-6-4-17(27)5-7-31)24-29-21-3-2-15(25)11-22(21)30-24/h2-3,8-13,17H,4-7,27H2,1H3,(H,29,30). The van der Waals surface area contributed by atoms with Crippen molar-refractivity contribution in [3.05, 3.63) is 60.4 Å². The van der Waals surface area contributed by atoms with Crippen LogP contribution in [0.2, 0.25) is 0 Å². The van der Waals surface area contributed by atoms with Crippen molar-refractivity contribution in [3.63, 3.8) is 0 Å². The maximum Gasteiger partial charge on any atom is 0.142 e. The number of aromatic nitrogens is 3. The first-order valence-corrected chi connectivity index (χ1v) is 10.5. The lowest BCUT2D eigenvalue weighted by atomic mass is 9.98. The van der Waals surface area contributed by atoms with E-state index in [0.717, 1.165) is 48.3 Å². The zero-order valence-electron chi connectivity index (χ0n) is 17.6. The summed E-state index contributed by atoms with van der Waals surface area (Å²) in [7, 11) is 1.51. The number of piperidine rings is 1. The smallest absolute Gasteiger partial charge is 0.142 e. The monoisotopic (exact) mass is 435 g/mol. The molecule has 0 bridgehead atoms. The average Bonchev–Trinajstić information content (AvgIpc) is 3.22. The first kappa shape index (κ1) is 20.4. The van der Waals surface area contributed by atoms with E-state index >= 15 is 0 Å². The summed E-state index contributed by atoms with van der Waals surface area (Å²) >= 11 is 0. The van der Waals surface area contributed by atoms with Gasteiger partial charge in [-0.15, -0.1) is 0 Å². The molecule has 0 unspecified atom stereocenters. The number of anilines is 1. The largest absolute Gasteiger partial charge is 0.497 e. The summed E-state index contributed by atoms with van der Waals surface area (Å²) in [5.41, 5.74) is 10.5. The molecule has 164 valence electrons. The van der Waals surface area contributed by atoms with E-state index in [4.69, 9.17) is 10.5 Å². The van der Waals surface area contributed by atoms with Crippen molar-refractivity contribution in [2.75, 3.05) is 25.1 Å². The van der Waals surface area contributed by atoms with Crippen molar-refractivity contribution in [3.8, 4) is 28.3 Å². The first-order chi connectivity index (χ1) is 15.5. The molecule has 2 aromatic carbocycles. The van der Waals surface area contributed by atoms with E-state index in [1.807, 2.05) is 0 Å². The molecule has 1 fully saturated rings. The van der Waals surface area contributed by atoms with Crippen LogP contribution >= 0.6 is 0 Å². The van der Waals surface area contributed by atoms with Crippen LogP contribution in [0.4, 0.5) is 14.5 Å². The van der Waals surface area contributed by atoms with Crippen molar-refractivity contribution < 1.29 is 13.5 Å². The minimum Gasteiger partial charge on any atom is -0.497 e.